The van der Waals surface area contributed by atoms with E-state index in [2.05, 4.69) is 0 Å². The second-order valence-corrected chi connectivity index (χ2v) is 4.83. The Hall–Kier alpha value is -3.02. The van der Waals surface area contributed by atoms with Crippen molar-refractivity contribution in [2.24, 2.45) is 0 Å². The Balaban J connectivity index is 1.87. The third kappa shape index (κ3) is 2.58. The maximum atomic E-state index is 12.0. The Morgan fingerprint density at radius 3 is 2.59 bits per heavy atom. The van der Waals surface area contributed by atoms with Crippen molar-refractivity contribution in [2.75, 3.05) is 6.61 Å². The average Bonchev–Trinajstić information content (AvgIpc) is 2.81. The molecule has 0 spiro atoms. The van der Waals surface area contributed by atoms with Crippen molar-refractivity contribution in [1.82, 2.24) is 0 Å². The molecule has 2 aromatic rings. The number of carboxylic acid groups (broad SMARTS) is 1. The van der Waals surface area contributed by atoms with Gasteiger partial charge in [-0.25, -0.2) is 4.79 Å². The lowest BCUT2D eigenvalue weighted by Crippen LogP contribution is -2.12. The molecule has 0 aromatic heterocycles. The number of benzene rings is 2. The van der Waals surface area contributed by atoms with E-state index in [-0.39, 0.29) is 5.75 Å². The van der Waals surface area contributed by atoms with Crippen molar-refractivity contribution >= 4 is 11.9 Å². The number of aromatic hydroxyl groups is 1. The minimum atomic E-state index is -1.06. The van der Waals surface area contributed by atoms with Crippen LogP contribution in [0.2, 0.25) is 0 Å². The fourth-order valence-corrected chi connectivity index (χ4v) is 2.37. The summed E-state index contributed by atoms with van der Waals surface area (Å²) in [4.78, 5) is 22.5. The predicted molar refractivity (Wildman–Crippen MR) is 75.2 cm³/mol. The van der Waals surface area contributed by atoms with E-state index in [9.17, 15) is 14.7 Å². The van der Waals surface area contributed by atoms with Crippen LogP contribution in [0, 0.1) is 0 Å². The van der Waals surface area contributed by atoms with E-state index in [0.29, 0.717) is 22.6 Å². The number of aliphatic carboxylic acids is 1. The zero-order chi connectivity index (χ0) is 15.7. The molecular formula is C16H12O6. The summed E-state index contributed by atoms with van der Waals surface area (Å²) in [7, 11) is 0. The predicted octanol–water partition coefficient (Wildman–Crippen LogP) is 1.91. The highest BCUT2D eigenvalue weighted by Crippen LogP contribution is 2.41. The summed E-state index contributed by atoms with van der Waals surface area (Å²) in [5.41, 5.74) is 1.28. The zero-order valence-electron chi connectivity index (χ0n) is 11.4. The number of esters is 1. The highest BCUT2D eigenvalue weighted by atomic mass is 16.5. The molecule has 112 valence electrons. The molecule has 1 heterocycles. The second kappa shape index (κ2) is 5.40. The van der Waals surface area contributed by atoms with E-state index >= 15 is 0 Å². The number of phenols is 1. The molecule has 0 radical (unpaired) electrons. The third-order valence-electron chi connectivity index (χ3n) is 3.33. The molecule has 0 amide bonds. The van der Waals surface area contributed by atoms with Crippen LogP contribution < -0.4 is 9.47 Å². The first-order chi connectivity index (χ1) is 10.5. The maximum Gasteiger partial charge on any atom is 0.341 e. The number of rotatable bonds is 4. The molecule has 2 aromatic carbocycles. The fraction of sp³-hybridized carbons (Fsp3) is 0.125. The van der Waals surface area contributed by atoms with Crippen molar-refractivity contribution in [3.05, 3.63) is 53.6 Å². The Kier molecular flexibility index (Phi) is 3.42. The standard InChI is InChI=1S/C16H12O6/c17-10-3-6-13-12(7-10)15(16(20)22-13)9-1-4-11(5-2-9)21-8-14(18)19/h1-7,15,17H,8H2,(H,18,19). The highest BCUT2D eigenvalue weighted by molar-refractivity contribution is 5.89. The highest BCUT2D eigenvalue weighted by Gasteiger charge is 2.34. The van der Waals surface area contributed by atoms with Gasteiger partial charge in [-0.3, -0.25) is 4.79 Å². The molecule has 22 heavy (non-hydrogen) atoms. The minimum Gasteiger partial charge on any atom is -0.508 e. The lowest BCUT2D eigenvalue weighted by Gasteiger charge is -2.09. The average molecular weight is 300 g/mol. The van der Waals surface area contributed by atoms with Crippen molar-refractivity contribution in [3.8, 4) is 17.2 Å². The molecule has 0 fully saturated rings. The molecular weight excluding hydrogens is 288 g/mol. The molecule has 0 saturated carbocycles. The molecule has 3 rings (SSSR count). The number of phenolic OH excluding ortho intramolecular Hbond substituents is 1. The van der Waals surface area contributed by atoms with Crippen LogP contribution in [-0.2, 0) is 9.59 Å². The van der Waals surface area contributed by atoms with Gasteiger partial charge in [-0.15, -0.1) is 0 Å². The maximum absolute atomic E-state index is 12.0. The van der Waals surface area contributed by atoms with Crippen LogP contribution in [0.3, 0.4) is 0 Å². The summed E-state index contributed by atoms with van der Waals surface area (Å²) in [5.74, 6) is -1.21. The molecule has 6 nitrogen and oxygen atoms in total. The number of ether oxygens (including phenoxy) is 2. The Morgan fingerprint density at radius 2 is 1.91 bits per heavy atom. The molecule has 2 N–H and O–H groups in total. The van der Waals surface area contributed by atoms with Crippen LogP contribution in [0.25, 0.3) is 0 Å². The molecule has 0 saturated heterocycles. The van der Waals surface area contributed by atoms with Gasteiger partial charge in [0, 0.05) is 5.56 Å². The molecule has 1 aliphatic heterocycles. The van der Waals surface area contributed by atoms with Gasteiger partial charge in [0.2, 0.25) is 0 Å². The number of carbonyl (C=O) groups excluding carboxylic acids is 1. The minimum absolute atomic E-state index is 0.0588. The van der Waals surface area contributed by atoms with E-state index in [1.807, 2.05) is 0 Å². The van der Waals surface area contributed by atoms with Crippen LogP contribution in [0.5, 0.6) is 17.2 Å². The lowest BCUT2D eigenvalue weighted by atomic mass is 9.92. The Morgan fingerprint density at radius 1 is 1.18 bits per heavy atom. The quantitative estimate of drug-likeness (QED) is 0.662. The van der Waals surface area contributed by atoms with Crippen molar-refractivity contribution in [2.45, 2.75) is 5.92 Å². The van der Waals surface area contributed by atoms with E-state index in [1.165, 1.54) is 12.1 Å². The summed E-state index contributed by atoms with van der Waals surface area (Å²) < 4.78 is 10.2. The van der Waals surface area contributed by atoms with E-state index in [1.54, 1.807) is 30.3 Å². The van der Waals surface area contributed by atoms with Crippen LogP contribution in [0.15, 0.2) is 42.5 Å². The molecule has 0 aliphatic carbocycles. The second-order valence-electron chi connectivity index (χ2n) is 4.83. The molecule has 1 unspecified atom stereocenters. The van der Waals surface area contributed by atoms with Crippen LogP contribution >= 0.6 is 0 Å². The van der Waals surface area contributed by atoms with Gasteiger partial charge in [-0.05, 0) is 35.9 Å². The Labute approximate surface area is 125 Å². The smallest absolute Gasteiger partial charge is 0.341 e. The molecule has 1 aliphatic rings. The molecule has 0 bridgehead atoms. The van der Waals surface area contributed by atoms with Gasteiger partial charge in [-0.1, -0.05) is 12.1 Å². The summed E-state index contributed by atoms with van der Waals surface area (Å²) in [6, 6.07) is 11.0. The first-order valence-electron chi connectivity index (χ1n) is 6.54. The summed E-state index contributed by atoms with van der Waals surface area (Å²) >= 11 is 0. The van der Waals surface area contributed by atoms with Gasteiger partial charge in [0.25, 0.3) is 0 Å². The van der Waals surface area contributed by atoms with Crippen molar-refractivity contribution < 1.29 is 29.3 Å². The van der Waals surface area contributed by atoms with Gasteiger partial charge in [0.05, 0.1) is 0 Å². The van der Waals surface area contributed by atoms with Gasteiger partial charge in [0.15, 0.2) is 6.61 Å². The first-order valence-corrected chi connectivity index (χ1v) is 6.54. The van der Waals surface area contributed by atoms with Crippen molar-refractivity contribution in [3.63, 3.8) is 0 Å². The van der Waals surface area contributed by atoms with E-state index in [4.69, 9.17) is 14.6 Å². The largest absolute Gasteiger partial charge is 0.508 e. The number of carboxylic acids is 1. The fourth-order valence-electron chi connectivity index (χ4n) is 2.37. The Bertz CT molecular complexity index is 735. The third-order valence-corrected chi connectivity index (χ3v) is 3.33. The summed E-state index contributed by atoms with van der Waals surface area (Å²) in [6.45, 7) is -0.429. The van der Waals surface area contributed by atoms with Crippen LogP contribution in [-0.4, -0.2) is 28.8 Å². The first kappa shape index (κ1) is 13.9. The SMILES string of the molecule is O=C(O)COc1ccc(C2C(=O)Oc3ccc(O)cc32)cc1. The van der Waals surface area contributed by atoms with Gasteiger partial charge in [-0.2, -0.15) is 0 Å². The zero-order valence-corrected chi connectivity index (χ0v) is 11.4. The summed E-state index contributed by atoms with van der Waals surface area (Å²) in [6.07, 6.45) is 0. The monoisotopic (exact) mass is 300 g/mol. The topological polar surface area (TPSA) is 93.1 Å². The van der Waals surface area contributed by atoms with Crippen LogP contribution in [0.1, 0.15) is 17.0 Å². The summed E-state index contributed by atoms with van der Waals surface area (Å²) in [5, 5.41) is 18.1. The number of hydrogen-bond donors (Lipinski definition) is 2. The van der Waals surface area contributed by atoms with Crippen molar-refractivity contribution in [1.29, 1.82) is 0 Å². The van der Waals surface area contributed by atoms with Crippen LogP contribution in [0.4, 0.5) is 0 Å². The normalized spacial score (nSPS) is 16.0. The van der Waals surface area contributed by atoms with Gasteiger partial charge >= 0.3 is 11.9 Å². The van der Waals surface area contributed by atoms with E-state index in [0.717, 1.165) is 0 Å². The molecule has 6 heteroatoms. The van der Waals surface area contributed by atoms with E-state index < -0.39 is 24.5 Å². The number of fused-ring (bicyclic) bond motifs is 1. The number of hydrogen-bond acceptors (Lipinski definition) is 5. The van der Waals surface area contributed by atoms with Gasteiger partial charge in [0.1, 0.15) is 23.2 Å². The molecule has 1 atom stereocenters. The van der Waals surface area contributed by atoms with Gasteiger partial charge < -0.3 is 19.7 Å². The number of carbonyl (C=O) groups is 2. The lowest BCUT2D eigenvalue weighted by molar-refractivity contribution is -0.139.